The van der Waals surface area contributed by atoms with E-state index in [0.29, 0.717) is 11.3 Å². The second kappa shape index (κ2) is 5.07. The minimum atomic E-state index is -0.720. The van der Waals surface area contributed by atoms with E-state index in [2.05, 4.69) is 10.6 Å². The van der Waals surface area contributed by atoms with Crippen molar-refractivity contribution in [1.82, 2.24) is 5.32 Å². The highest BCUT2D eigenvalue weighted by Gasteiger charge is 2.34. The number of urea groups is 1. The fourth-order valence-corrected chi connectivity index (χ4v) is 1.81. The van der Waals surface area contributed by atoms with Crippen molar-refractivity contribution in [3.63, 3.8) is 0 Å². The molecule has 5 nitrogen and oxygen atoms in total. The number of aliphatic hydroxyl groups is 1. The maximum absolute atomic E-state index is 11.6. The molecule has 0 atom stereocenters. The van der Waals surface area contributed by atoms with E-state index in [4.69, 9.17) is 5.26 Å². The molecule has 1 fully saturated rings. The summed E-state index contributed by atoms with van der Waals surface area (Å²) in [7, 11) is 0. The number of carbonyl (C=O) groups excluding carboxylic acids is 1. The highest BCUT2D eigenvalue weighted by Crippen LogP contribution is 2.30. The Morgan fingerprint density at radius 3 is 2.56 bits per heavy atom. The van der Waals surface area contributed by atoms with Crippen LogP contribution in [0.4, 0.5) is 10.5 Å². The van der Waals surface area contributed by atoms with Crippen molar-refractivity contribution in [3.05, 3.63) is 29.8 Å². The third-order valence-corrected chi connectivity index (χ3v) is 3.13. The number of anilines is 1. The molecule has 1 aromatic rings. The molecule has 2 rings (SSSR count). The zero-order valence-corrected chi connectivity index (χ0v) is 9.94. The summed E-state index contributed by atoms with van der Waals surface area (Å²) in [6.07, 6.45) is 2.49. The van der Waals surface area contributed by atoms with Crippen LogP contribution in [-0.2, 0) is 0 Å². The lowest BCUT2D eigenvalue weighted by Crippen LogP contribution is -2.48. The second-order valence-electron chi connectivity index (χ2n) is 4.57. The highest BCUT2D eigenvalue weighted by atomic mass is 16.3. The molecule has 0 aliphatic heterocycles. The second-order valence-corrected chi connectivity index (χ2v) is 4.57. The van der Waals surface area contributed by atoms with Crippen LogP contribution >= 0.6 is 0 Å². The van der Waals surface area contributed by atoms with Gasteiger partial charge in [-0.05, 0) is 43.5 Å². The van der Waals surface area contributed by atoms with Gasteiger partial charge in [0.05, 0.1) is 17.2 Å². The standard InChI is InChI=1S/C13H15N3O2/c14-8-10-2-4-11(5-3-10)16-12(17)15-9-13(18)6-1-7-13/h2-5,18H,1,6-7,9H2,(H2,15,16,17). The average molecular weight is 245 g/mol. The maximum atomic E-state index is 11.6. The van der Waals surface area contributed by atoms with Crippen molar-refractivity contribution >= 4 is 11.7 Å². The topological polar surface area (TPSA) is 85.2 Å². The van der Waals surface area contributed by atoms with Crippen LogP contribution in [0.1, 0.15) is 24.8 Å². The first-order valence-corrected chi connectivity index (χ1v) is 5.89. The Bertz CT molecular complexity index is 472. The third kappa shape index (κ3) is 2.99. The molecule has 5 heteroatoms. The first-order valence-electron chi connectivity index (χ1n) is 5.89. The van der Waals surface area contributed by atoms with E-state index in [0.717, 1.165) is 19.3 Å². The van der Waals surface area contributed by atoms with Crippen molar-refractivity contribution in [3.8, 4) is 6.07 Å². The van der Waals surface area contributed by atoms with Crippen LogP contribution in [0.2, 0.25) is 0 Å². The summed E-state index contributed by atoms with van der Waals surface area (Å²) in [6, 6.07) is 8.25. The van der Waals surface area contributed by atoms with Crippen molar-refractivity contribution in [2.75, 3.05) is 11.9 Å². The molecule has 0 bridgehead atoms. The molecule has 1 saturated carbocycles. The predicted octanol–water partition coefficient (Wildman–Crippen LogP) is 1.59. The number of amides is 2. The SMILES string of the molecule is N#Cc1ccc(NC(=O)NCC2(O)CCC2)cc1. The monoisotopic (exact) mass is 245 g/mol. The Labute approximate surface area is 105 Å². The molecule has 3 N–H and O–H groups in total. The van der Waals surface area contributed by atoms with Gasteiger partial charge in [-0.15, -0.1) is 0 Å². The minimum absolute atomic E-state index is 0.273. The molecule has 1 aliphatic rings. The summed E-state index contributed by atoms with van der Waals surface area (Å²) in [5.74, 6) is 0. The summed E-state index contributed by atoms with van der Waals surface area (Å²) in [4.78, 5) is 11.6. The van der Waals surface area contributed by atoms with Gasteiger partial charge < -0.3 is 15.7 Å². The minimum Gasteiger partial charge on any atom is -0.388 e. The van der Waals surface area contributed by atoms with Crippen molar-refractivity contribution in [2.24, 2.45) is 0 Å². The third-order valence-electron chi connectivity index (χ3n) is 3.13. The molecule has 1 aliphatic carbocycles. The molecular formula is C13H15N3O2. The normalized spacial score (nSPS) is 16.2. The van der Waals surface area contributed by atoms with E-state index in [1.54, 1.807) is 24.3 Å². The number of benzene rings is 1. The molecule has 0 saturated heterocycles. The predicted molar refractivity (Wildman–Crippen MR) is 67.0 cm³/mol. The molecule has 18 heavy (non-hydrogen) atoms. The summed E-state index contributed by atoms with van der Waals surface area (Å²) >= 11 is 0. The molecule has 0 heterocycles. The lowest BCUT2D eigenvalue weighted by molar-refractivity contribution is -0.0287. The van der Waals surface area contributed by atoms with Crippen molar-refractivity contribution < 1.29 is 9.90 Å². The number of carbonyl (C=O) groups is 1. The lowest BCUT2D eigenvalue weighted by atomic mass is 9.80. The van der Waals surface area contributed by atoms with E-state index < -0.39 is 5.60 Å². The largest absolute Gasteiger partial charge is 0.388 e. The summed E-state index contributed by atoms with van der Waals surface area (Å²) < 4.78 is 0. The number of hydrogen-bond donors (Lipinski definition) is 3. The van der Waals surface area contributed by atoms with Crippen LogP contribution in [-0.4, -0.2) is 23.3 Å². The molecule has 94 valence electrons. The Morgan fingerprint density at radius 1 is 1.39 bits per heavy atom. The number of nitrogens with one attached hydrogen (secondary N) is 2. The van der Waals surface area contributed by atoms with Crippen LogP contribution in [0.3, 0.4) is 0 Å². The number of nitrogens with zero attached hydrogens (tertiary/aromatic N) is 1. The summed E-state index contributed by atoms with van der Waals surface area (Å²) in [5, 5.41) is 23.7. The molecule has 0 aromatic heterocycles. The Morgan fingerprint density at radius 2 is 2.06 bits per heavy atom. The summed E-state index contributed by atoms with van der Waals surface area (Å²) in [6.45, 7) is 0.273. The zero-order valence-electron chi connectivity index (χ0n) is 9.94. The first-order chi connectivity index (χ1) is 8.61. The van der Waals surface area contributed by atoms with Crippen LogP contribution in [0, 0.1) is 11.3 Å². The molecule has 2 amide bonds. The first kappa shape index (κ1) is 12.4. The van der Waals surface area contributed by atoms with E-state index in [1.165, 1.54) is 0 Å². The van der Waals surface area contributed by atoms with Gasteiger partial charge in [-0.25, -0.2) is 4.79 Å². The smallest absolute Gasteiger partial charge is 0.319 e. The van der Waals surface area contributed by atoms with Gasteiger partial charge in [0, 0.05) is 12.2 Å². The van der Waals surface area contributed by atoms with Gasteiger partial charge in [0.1, 0.15) is 0 Å². The molecular weight excluding hydrogens is 230 g/mol. The summed E-state index contributed by atoms with van der Waals surface area (Å²) in [5.41, 5.74) is 0.444. The zero-order chi connectivity index (χ0) is 13.0. The van der Waals surface area contributed by atoms with Gasteiger partial charge in [0.25, 0.3) is 0 Å². The van der Waals surface area contributed by atoms with Crippen LogP contribution in [0.15, 0.2) is 24.3 Å². The Kier molecular flexibility index (Phi) is 3.49. The number of nitriles is 1. The average Bonchev–Trinajstić information content (AvgIpc) is 2.35. The van der Waals surface area contributed by atoms with Crippen LogP contribution < -0.4 is 10.6 Å². The van der Waals surface area contributed by atoms with Gasteiger partial charge in [0.15, 0.2) is 0 Å². The highest BCUT2D eigenvalue weighted by molar-refractivity contribution is 5.89. The van der Waals surface area contributed by atoms with Gasteiger partial charge in [-0.1, -0.05) is 0 Å². The van der Waals surface area contributed by atoms with Crippen LogP contribution in [0.25, 0.3) is 0 Å². The Balaban J connectivity index is 1.81. The molecule has 0 unspecified atom stereocenters. The molecule has 1 aromatic carbocycles. The number of hydrogen-bond acceptors (Lipinski definition) is 3. The lowest BCUT2D eigenvalue weighted by Gasteiger charge is -2.36. The van der Waals surface area contributed by atoms with Crippen molar-refractivity contribution in [1.29, 1.82) is 5.26 Å². The fraction of sp³-hybridized carbons (Fsp3) is 0.385. The van der Waals surface area contributed by atoms with Gasteiger partial charge in [-0.3, -0.25) is 0 Å². The van der Waals surface area contributed by atoms with E-state index in [1.807, 2.05) is 6.07 Å². The quantitative estimate of drug-likeness (QED) is 0.756. The van der Waals surface area contributed by atoms with Gasteiger partial charge in [-0.2, -0.15) is 5.26 Å². The van der Waals surface area contributed by atoms with Gasteiger partial charge >= 0.3 is 6.03 Å². The molecule has 0 spiro atoms. The van der Waals surface area contributed by atoms with E-state index in [9.17, 15) is 9.90 Å². The van der Waals surface area contributed by atoms with Gasteiger partial charge in [0.2, 0.25) is 0 Å². The maximum Gasteiger partial charge on any atom is 0.319 e. The molecule has 0 radical (unpaired) electrons. The van der Waals surface area contributed by atoms with E-state index >= 15 is 0 Å². The fourth-order valence-electron chi connectivity index (χ4n) is 1.81. The van der Waals surface area contributed by atoms with E-state index in [-0.39, 0.29) is 12.6 Å². The van der Waals surface area contributed by atoms with Crippen molar-refractivity contribution in [2.45, 2.75) is 24.9 Å². The number of rotatable bonds is 3. The Hall–Kier alpha value is -2.06. The van der Waals surface area contributed by atoms with Crippen LogP contribution in [0.5, 0.6) is 0 Å².